The van der Waals surface area contributed by atoms with Gasteiger partial charge in [-0.3, -0.25) is 0 Å². The van der Waals surface area contributed by atoms with Crippen LogP contribution in [0.3, 0.4) is 0 Å². The minimum Gasteiger partial charge on any atom is -0.456 e. The third kappa shape index (κ3) is 16.1. The largest absolute Gasteiger partial charge is 0.456 e. The lowest BCUT2D eigenvalue weighted by Gasteiger charge is -2.31. The predicted molar refractivity (Wildman–Crippen MR) is 598 cm³/mol. The second-order valence-electron chi connectivity index (χ2n) is 36.1. The SMILES string of the molecule is Brc1cc(N(c2ccccc2)c2ccccc2)cc(N(c2ccccc2)c2ccc3c(c2)-c2ccccc2C32c3ccccc3-c3ccccc32)c1.Cc1cc(N(c2ccc(-c3cccc4ccccc34)cc2)c2ccc3oc4ccccc4c3c2)ccc1N(c1ccccc1)c1ccccc1.Cc1cc(N(c2ccccc2)c2ccc3c(c2)oc2ccccc23)ccc1N(c1ccccc1)c1ccccc1. The van der Waals surface area contributed by atoms with Gasteiger partial charge in [0.25, 0.3) is 0 Å². The van der Waals surface area contributed by atoms with E-state index in [2.05, 4.69) is 575 Å². The summed E-state index contributed by atoms with van der Waals surface area (Å²) in [5.41, 5.74) is 38.3. The van der Waals surface area contributed by atoms with Gasteiger partial charge in [0.1, 0.15) is 22.3 Å². The van der Waals surface area contributed by atoms with Gasteiger partial charge in [0.2, 0.25) is 0 Å². The summed E-state index contributed by atoms with van der Waals surface area (Å²) in [6.45, 7) is 4.38. The minimum absolute atomic E-state index is 0.371. The summed E-state index contributed by atoms with van der Waals surface area (Å²) < 4.78 is 13.5. The van der Waals surface area contributed by atoms with E-state index in [9.17, 15) is 0 Å². The number of aryl methyl sites for hydroxylation is 2. The highest BCUT2D eigenvalue weighted by molar-refractivity contribution is 9.10. The van der Waals surface area contributed by atoms with E-state index in [1.165, 1.54) is 77.5 Å². The molecular weight excluding hydrogens is 1790 g/mol. The molecule has 0 atom stereocenters. The number of anilines is 18. The van der Waals surface area contributed by atoms with Gasteiger partial charge < -0.3 is 38.2 Å². The van der Waals surface area contributed by atoms with Crippen molar-refractivity contribution in [1.82, 2.24) is 0 Å². The monoisotopic (exact) mass is 1890 g/mol. The maximum atomic E-state index is 6.25. The van der Waals surface area contributed by atoms with Crippen LogP contribution in [0.5, 0.6) is 0 Å². The average molecular weight is 1890 g/mol. The van der Waals surface area contributed by atoms with Crippen LogP contribution in [0.1, 0.15) is 33.4 Å². The summed E-state index contributed by atoms with van der Waals surface area (Å²) in [6, 6.07) is 192. The van der Waals surface area contributed by atoms with E-state index in [4.69, 9.17) is 8.83 Å². The highest BCUT2D eigenvalue weighted by Gasteiger charge is 2.52. The van der Waals surface area contributed by atoms with Gasteiger partial charge in [0, 0.05) is 134 Å². The average Bonchev–Trinajstić information content (AvgIpc) is 1.51. The number of hydrogen-bond acceptors (Lipinski definition) is 8. The quantitative estimate of drug-likeness (QED) is 0.0794. The van der Waals surface area contributed by atoms with Crippen molar-refractivity contribution in [3.05, 3.63) is 578 Å². The molecular formula is C133H95BrN6O2. The molecule has 0 saturated carbocycles. The van der Waals surface area contributed by atoms with Gasteiger partial charge in [-0.05, 0) is 310 Å². The van der Waals surface area contributed by atoms with Gasteiger partial charge >= 0.3 is 0 Å². The van der Waals surface area contributed by atoms with Gasteiger partial charge in [0.15, 0.2) is 0 Å². The van der Waals surface area contributed by atoms with Gasteiger partial charge in [0.05, 0.1) is 5.41 Å². The molecule has 2 aromatic heterocycles. The zero-order valence-electron chi connectivity index (χ0n) is 78.3. The molecule has 0 bridgehead atoms. The summed E-state index contributed by atoms with van der Waals surface area (Å²) in [6.07, 6.45) is 0. The van der Waals surface area contributed by atoms with Crippen molar-refractivity contribution in [3.8, 4) is 33.4 Å². The van der Waals surface area contributed by atoms with Crippen molar-refractivity contribution in [2.24, 2.45) is 0 Å². The number of nitrogens with zero attached hydrogens (tertiary/aromatic N) is 6. The van der Waals surface area contributed by atoms with Crippen molar-refractivity contribution >= 4 is 173 Å². The summed E-state index contributed by atoms with van der Waals surface area (Å²) in [5, 5.41) is 6.97. The second kappa shape index (κ2) is 37.8. The molecule has 0 radical (unpaired) electrons. The fourth-order valence-corrected chi connectivity index (χ4v) is 21.8. The number of hydrogen-bond donors (Lipinski definition) is 0. The number of furan rings is 2. The number of rotatable bonds is 19. The Labute approximate surface area is 835 Å². The Balaban J connectivity index is 0.000000116. The van der Waals surface area contributed by atoms with Crippen LogP contribution in [0.4, 0.5) is 102 Å². The first-order valence-electron chi connectivity index (χ1n) is 48.3. The van der Waals surface area contributed by atoms with Crippen LogP contribution < -0.4 is 29.4 Å². The van der Waals surface area contributed by atoms with E-state index in [0.717, 1.165) is 151 Å². The van der Waals surface area contributed by atoms with Crippen molar-refractivity contribution in [2.75, 3.05) is 29.4 Å². The molecule has 0 amide bonds. The first-order valence-corrected chi connectivity index (χ1v) is 49.1. The number of halogens is 1. The number of fused-ring (bicyclic) bond motifs is 17. The van der Waals surface area contributed by atoms with Crippen molar-refractivity contribution in [3.63, 3.8) is 0 Å². The predicted octanol–water partition coefficient (Wildman–Crippen LogP) is 38.2. The Morgan fingerprint density at radius 3 is 0.937 bits per heavy atom. The molecule has 0 fully saturated rings. The van der Waals surface area contributed by atoms with Crippen LogP contribution in [-0.4, -0.2) is 0 Å². The summed E-state index contributed by atoms with van der Waals surface area (Å²) >= 11 is 3.93. The summed E-state index contributed by atoms with van der Waals surface area (Å²) in [5.74, 6) is 0. The maximum absolute atomic E-state index is 6.25. The van der Waals surface area contributed by atoms with Crippen LogP contribution in [0, 0.1) is 13.8 Å². The van der Waals surface area contributed by atoms with E-state index >= 15 is 0 Å². The molecule has 2 heterocycles. The van der Waals surface area contributed by atoms with Crippen LogP contribution in [0.2, 0.25) is 0 Å². The molecule has 0 N–H and O–H groups in total. The molecule has 8 nitrogen and oxygen atoms in total. The smallest absolute Gasteiger partial charge is 0.137 e. The molecule has 26 rings (SSSR count). The molecule has 2 aliphatic carbocycles. The van der Waals surface area contributed by atoms with Crippen molar-refractivity contribution in [2.45, 2.75) is 19.3 Å². The lowest BCUT2D eigenvalue weighted by molar-refractivity contribution is 0.668. The fourth-order valence-electron chi connectivity index (χ4n) is 21.3. The summed E-state index contributed by atoms with van der Waals surface area (Å²) in [7, 11) is 0. The van der Waals surface area contributed by atoms with E-state index < -0.39 is 0 Å². The van der Waals surface area contributed by atoms with Crippen molar-refractivity contribution < 1.29 is 8.83 Å². The zero-order valence-corrected chi connectivity index (χ0v) is 79.8. The molecule has 9 heteroatoms. The molecule has 142 heavy (non-hydrogen) atoms. The molecule has 24 aromatic rings. The standard InChI is InChI=1S/C49H33BrN2.C47H34N2O.C37H28N2O/c50-34-30-39(51(35-16-4-1-5-17-35)36-18-6-2-7-19-36)32-40(31-34)52(37-20-8-3-9-21-37)38-28-29-48-44(33-38)43-24-12-15-27-47(43)49(48)45-25-13-10-22-41(45)42-23-11-14-26-46(42)49;1-33-31-39(27-29-45(33)49(36-15-4-2-5-16-36)37-17-6-3-7-18-37)48(40-28-30-47-44(32-40)43-20-10-11-22-46(43)50-47)38-25-23-35(24-26-38)42-21-12-14-34-13-8-9-19-41(34)42;1-27-25-31(22-24-35(27)39(29-15-7-3-8-16-29)30-17-9-4-10-18-30)38(28-13-5-2-6-14-28)32-21-23-34-33-19-11-12-20-36(33)40-37(34)26-32/h1-33H;2-32H,1H3;2-26H,1H3. The molecule has 0 aliphatic heterocycles. The Morgan fingerprint density at radius 1 is 0.176 bits per heavy atom. The van der Waals surface area contributed by atoms with Crippen LogP contribution in [0.15, 0.2) is 553 Å². The molecule has 1 spiro atoms. The second-order valence-corrected chi connectivity index (χ2v) is 37.0. The third-order valence-corrected chi connectivity index (χ3v) is 28.0. The lowest BCUT2D eigenvalue weighted by atomic mass is 9.70. The van der Waals surface area contributed by atoms with Gasteiger partial charge in [-0.15, -0.1) is 0 Å². The minimum atomic E-state index is -0.371. The topological polar surface area (TPSA) is 45.7 Å². The van der Waals surface area contributed by atoms with E-state index in [1.54, 1.807) is 0 Å². The van der Waals surface area contributed by atoms with Crippen LogP contribution in [-0.2, 0) is 5.41 Å². The molecule has 0 unspecified atom stereocenters. The van der Waals surface area contributed by atoms with Gasteiger partial charge in [-0.2, -0.15) is 0 Å². The van der Waals surface area contributed by atoms with Gasteiger partial charge in [-0.25, -0.2) is 0 Å². The van der Waals surface area contributed by atoms with E-state index in [0.29, 0.717) is 0 Å². The Bertz CT molecular complexity index is 8560. The number of para-hydroxylation sites is 10. The molecule has 2 aliphatic rings. The van der Waals surface area contributed by atoms with E-state index in [-0.39, 0.29) is 5.41 Å². The Hall–Kier alpha value is -18.0. The van der Waals surface area contributed by atoms with Crippen molar-refractivity contribution in [1.29, 1.82) is 0 Å². The van der Waals surface area contributed by atoms with Crippen LogP contribution in [0.25, 0.3) is 88.0 Å². The normalized spacial score (nSPS) is 11.8. The highest BCUT2D eigenvalue weighted by Crippen LogP contribution is 2.64. The first-order chi connectivity index (χ1) is 70.2. The maximum Gasteiger partial charge on any atom is 0.137 e. The molecule has 676 valence electrons. The van der Waals surface area contributed by atoms with Crippen LogP contribution >= 0.6 is 15.9 Å². The highest BCUT2D eigenvalue weighted by atomic mass is 79.9. The Morgan fingerprint density at radius 2 is 0.472 bits per heavy atom. The Kier molecular flexibility index (Phi) is 23.1. The number of benzene rings is 22. The lowest BCUT2D eigenvalue weighted by Crippen LogP contribution is -2.25. The third-order valence-electron chi connectivity index (χ3n) is 27.6. The van der Waals surface area contributed by atoms with Gasteiger partial charge in [-0.1, -0.05) is 331 Å². The summed E-state index contributed by atoms with van der Waals surface area (Å²) in [4.78, 5) is 14.0. The zero-order chi connectivity index (χ0) is 95.0. The first kappa shape index (κ1) is 86.8. The van der Waals surface area contributed by atoms with E-state index in [1.807, 2.05) is 24.3 Å². The fraction of sp³-hybridized carbons (Fsp3) is 0.0226. The molecule has 22 aromatic carbocycles. The molecule has 0 saturated heterocycles.